The van der Waals surface area contributed by atoms with E-state index in [4.69, 9.17) is 9.57 Å². The van der Waals surface area contributed by atoms with Crippen molar-refractivity contribution in [2.24, 2.45) is 0 Å². The Bertz CT molecular complexity index is 1250. The molecule has 7 heteroatoms. The van der Waals surface area contributed by atoms with Crippen molar-refractivity contribution in [3.05, 3.63) is 66.2 Å². The number of hydrogen-bond donors (Lipinski definition) is 3. The molecule has 0 saturated carbocycles. The molecule has 7 nitrogen and oxygen atoms in total. The second kappa shape index (κ2) is 9.30. The smallest absolute Gasteiger partial charge is 0.189 e. The fraction of sp³-hybridized carbons (Fsp3) is 0.240. The molecule has 166 valence electrons. The van der Waals surface area contributed by atoms with Gasteiger partial charge in [0.15, 0.2) is 17.3 Å². The van der Waals surface area contributed by atoms with Gasteiger partial charge in [0, 0.05) is 34.8 Å². The first-order valence-electron chi connectivity index (χ1n) is 10.5. The zero-order valence-corrected chi connectivity index (χ0v) is 18.0. The van der Waals surface area contributed by atoms with Gasteiger partial charge in [-0.05, 0) is 37.3 Å². The van der Waals surface area contributed by atoms with Gasteiger partial charge in [-0.25, -0.2) is 0 Å². The molecule has 0 aliphatic rings. The number of nitrogens with zero attached hydrogens (tertiary/aromatic N) is 1. The van der Waals surface area contributed by atoms with E-state index in [1.165, 1.54) is 6.07 Å². The molecule has 0 aliphatic heterocycles. The number of nitrogens with one attached hydrogen (secondary N) is 1. The molecule has 3 aromatic carbocycles. The van der Waals surface area contributed by atoms with E-state index in [0.717, 1.165) is 10.9 Å². The number of hydroxylamine groups is 2. The molecule has 32 heavy (non-hydrogen) atoms. The molecule has 1 unspecified atom stereocenters. The van der Waals surface area contributed by atoms with E-state index < -0.39 is 6.10 Å². The van der Waals surface area contributed by atoms with E-state index in [9.17, 15) is 15.0 Å². The SMILES string of the molecule is CCN(CC(O)CC(=O)c1ccc(O)c2c1[nH]c1ccccc12)Oc1ccccc1OC. The monoisotopic (exact) mass is 434 g/mol. The highest BCUT2D eigenvalue weighted by molar-refractivity contribution is 6.17. The molecular formula is C25H26N2O5. The van der Waals surface area contributed by atoms with Gasteiger partial charge in [0.05, 0.1) is 25.3 Å². The number of phenolic OH excluding ortho intramolecular Hbond substituents is 1. The van der Waals surface area contributed by atoms with Crippen LogP contribution in [0.25, 0.3) is 21.8 Å². The lowest BCUT2D eigenvalue weighted by molar-refractivity contribution is -0.0811. The van der Waals surface area contributed by atoms with E-state index >= 15 is 0 Å². The maximum absolute atomic E-state index is 13.0. The molecule has 4 rings (SSSR count). The minimum atomic E-state index is -0.939. The summed E-state index contributed by atoms with van der Waals surface area (Å²) in [6.45, 7) is 2.56. The molecule has 3 N–H and O–H groups in total. The summed E-state index contributed by atoms with van der Waals surface area (Å²) >= 11 is 0. The Kier molecular flexibility index (Phi) is 6.30. The average molecular weight is 434 g/mol. The van der Waals surface area contributed by atoms with E-state index in [1.54, 1.807) is 30.4 Å². The summed E-state index contributed by atoms with van der Waals surface area (Å²) in [5.74, 6) is 1.01. The molecular weight excluding hydrogens is 408 g/mol. The Balaban J connectivity index is 1.51. The van der Waals surface area contributed by atoms with Crippen LogP contribution in [0.4, 0.5) is 0 Å². The normalized spacial score (nSPS) is 12.4. The fourth-order valence-electron chi connectivity index (χ4n) is 3.86. The van der Waals surface area contributed by atoms with Crippen LogP contribution in [0.3, 0.4) is 0 Å². The van der Waals surface area contributed by atoms with Crippen LogP contribution in [-0.4, -0.2) is 52.3 Å². The Morgan fingerprint density at radius 1 is 1.06 bits per heavy atom. The number of rotatable bonds is 9. The minimum Gasteiger partial charge on any atom is -0.507 e. The molecule has 0 fully saturated rings. The third-order valence-electron chi connectivity index (χ3n) is 5.42. The molecule has 1 atom stereocenters. The number of benzene rings is 3. The highest BCUT2D eigenvalue weighted by atomic mass is 16.7. The van der Waals surface area contributed by atoms with Gasteiger partial charge in [-0.3, -0.25) is 4.79 Å². The van der Waals surface area contributed by atoms with Gasteiger partial charge in [-0.2, -0.15) is 0 Å². The third-order valence-corrected chi connectivity index (χ3v) is 5.42. The largest absolute Gasteiger partial charge is 0.507 e. The Labute approximate surface area is 185 Å². The van der Waals surface area contributed by atoms with Crippen molar-refractivity contribution in [3.63, 3.8) is 0 Å². The Morgan fingerprint density at radius 2 is 1.78 bits per heavy atom. The van der Waals surface area contributed by atoms with Crippen LogP contribution in [0.15, 0.2) is 60.7 Å². The van der Waals surface area contributed by atoms with Gasteiger partial charge in [0.1, 0.15) is 5.75 Å². The number of aromatic amines is 1. The predicted octanol–water partition coefficient (Wildman–Crippen LogP) is 4.28. The number of carbonyl (C=O) groups excluding carboxylic acids is 1. The zero-order chi connectivity index (χ0) is 22.7. The molecule has 1 heterocycles. The van der Waals surface area contributed by atoms with Crippen molar-refractivity contribution in [2.45, 2.75) is 19.4 Å². The van der Waals surface area contributed by atoms with Gasteiger partial charge in [0.2, 0.25) is 0 Å². The second-order valence-electron chi connectivity index (χ2n) is 7.56. The molecule has 0 amide bonds. The van der Waals surface area contributed by atoms with Crippen LogP contribution in [-0.2, 0) is 0 Å². The maximum Gasteiger partial charge on any atom is 0.189 e. The van der Waals surface area contributed by atoms with Gasteiger partial charge >= 0.3 is 0 Å². The molecule has 1 aromatic heterocycles. The summed E-state index contributed by atoms with van der Waals surface area (Å²) in [7, 11) is 1.56. The predicted molar refractivity (Wildman–Crippen MR) is 123 cm³/mol. The minimum absolute atomic E-state index is 0.0823. The van der Waals surface area contributed by atoms with Gasteiger partial charge in [-0.15, -0.1) is 5.06 Å². The van der Waals surface area contributed by atoms with Gasteiger partial charge < -0.3 is 24.8 Å². The number of aromatic hydroxyl groups is 1. The summed E-state index contributed by atoms with van der Waals surface area (Å²) in [6, 6.07) is 17.9. The Morgan fingerprint density at radius 3 is 2.53 bits per heavy atom. The third kappa shape index (κ3) is 4.26. The summed E-state index contributed by atoms with van der Waals surface area (Å²) in [5, 5.41) is 24.0. The number of hydrogen-bond acceptors (Lipinski definition) is 6. The van der Waals surface area contributed by atoms with Gasteiger partial charge in [0.25, 0.3) is 0 Å². The number of H-pyrrole nitrogens is 1. The molecule has 0 bridgehead atoms. The van der Waals surface area contributed by atoms with E-state index in [2.05, 4.69) is 4.98 Å². The first-order chi connectivity index (χ1) is 15.5. The lowest BCUT2D eigenvalue weighted by atomic mass is 10.0. The van der Waals surface area contributed by atoms with Crippen LogP contribution < -0.4 is 9.57 Å². The number of ether oxygens (including phenoxy) is 1. The van der Waals surface area contributed by atoms with Crippen molar-refractivity contribution in [1.29, 1.82) is 0 Å². The summed E-state index contributed by atoms with van der Waals surface area (Å²) in [4.78, 5) is 22.1. The number of likely N-dealkylation sites (N-methyl/N-ethyl adjacent to an activating group) is 1. The quantitative estimate of drug-likeness (QED) is 0.269. The summed E-state index contributed by atoms with van der Waals surface area (Å²) < 4.78 is 5.30. The number of ketones is 1. The lowest BCUT2D eigenvalue weighted by Gasteiger charge is -2.24. The number of methoxy groups -OCH3 is 1. The zero-order valence-electron chi connectivity index (χ0n) is 18.0. The van der Waals surface area contributed by atoms with E-state index in [-0.39, 0.29) is 24.5 Å². The van der Waals surface area contributed by atoms with Crippen molar-refractivity contribution in [3.8, 4) is 17.2 Å². The van der Waals surface area contributed by atoms with E-state index in [0.29, 0.717) is 34.5 Å². The van der Waals surface area contributed by atoms with Crippen molar-refractivity contribution in [2.75, 3.05) is 20.2 Å². The molecule has 0 saturated heterocycles. The fourth-order valence-corrected chi connectivity index (χ4v) is 3.86. The Hall–Kier alpha value is -3.55. The number of Topliss-reactive ketones (excluding diaryl/α,β-unsaturated/α-hetero) is 1. The number of phenols is 1. The topological polar surface area (TPSA) is 95.0 Å². The first-order valence-corrected chi connectivity index (χ1v) is 10.5. The number of para-hydroxylation sites is 3. The molecule has 0 radical (unpaired) electrons. The molecule has 0 aliphatic carbocycles. The first kappa shape index (κ1) is 21.7. The summed E-state index contributed by atoms with van der Waals surface area (Å²) in [5.41, 5.74) is 1.84. The number of fused-ring (bicyclic) bond motifs is 3. The standard InChI is InChI=1S/C25H26N2O5/c1-3-27(32-23-11-7-6-10-22(23)31-2)15-16(28)14-21(30)18-12-13-20(29)24-17-8-4-5-9-19(17)26-25(18)24/h4-13,16,26,28-29H,3,14-15H2,1-2H3. The number of aliphatic hydroxyl groups excluding tert-OH is 1. The second-order valence-corrected chi connectivity index (χ2v) is 7.56. The van der Waals surface area contributed by atoms with Crippen LogP contribution in [0.5, 0.6) is 17.2 Å². The highest BCUT2D eigenvalue weighted by Gasteiger charge is 2.21. The number of aliphatic hydroxyl groups is 1. The molecule has 0 spiro atoms. The van der Waals surface area contributed by atoms with Crippen molar-refractivity contribution < 1.29 is 24.6 Å². The maximum atomic E-state index is 13.0. The van der Waals surface area contributed by atoms with Crippen LogP contribution >= 0.6 is 0 Å². The van der Waals surface area contributed by atoms with Crippen molar-refractivity contribution in [1.82, 2.24) is 10.0 Å². The van der Waals surface area contributed by atoms with E-state index in [1.807, 2.05) is 43.3 Å². The molecule has 4 aromatic rings. The van der Waals surface area contributed by atoms with Crippen LogP contribution in [0, 0.1) is 0 Å². The van der Waals surface area contributed by atoms with Gasteiger partial charge in [-0.1, -0.05) is 30.3 Å². The summed E-state index contributed by atoms with van der Waals surface area (Å²) in [6.07, 6.45) is -1.02. The average Bonchev–Trinajstić information content (AvgIpc) is 3.19. The van der Waals surface area contributed by atoms with Crippen LogP contribution in [0.1, 0.15) is 23.7 Å². The van der Waals surface area contributed by atoms with Crippen LogP contribution in [0.2, 0.25) is 0 Å². The number of carbonyl (C=O) groups is 1. The highest BCUT2D eigenvalue weighted by Crippen LogP contribution is 2.35. The number of aromatic nitrogens is 1. The van der Waals surface area contributed by atoms with Crippen molar-refractivity contribution >= 4 is 27.6 Å². The lowest BCUT2D eigenvalue weighted by Crippen LogP contribution is -2.36.